The molecule has 0 fully saturated rings. The Bertz CT molecular complexity index is 1120. The molecule has 3 aromatic rings. The van der Waals surface area contributed by atoms with E-state index in [1.165, 1.54) is 11.1 Å². The molecule has 1 N–H and O–H groups in total. The van der Waals surface area contributed by atoms with Gasteiger partial charge in [-0.2, -0.15) is 0 Å². The van der Waals surface area contributed by atoms with Crippen molar-refractivity contribution in [2.45, 2.75) is 18.4 Å². The summed E-state index contributed by atoms with van der Waals surface area (Å²) in [7, 11) is 0. The number of hydrogen-bond donors (Lipinski definition) is 1. The zero-order valence-electron chi connectivity index (χ0n) is 14.7. The quantitative estimate of drug-likeness (QED) is 0.394. The molecule has 140 valence electrons. The summed E-state index contributed by atoms with van der Waals surface area (Å²) < 4.78 is 0. The van der Waals surface area contributed by atoms with Crippen LogP contribution in [0.25, 0.3) is 0 Å². The van der Waals surface area contributed by atoms with Crippen molar-refractivity contribution in [1.29, 1.82) is 0 Å². The standard InChI is InChI=1S/C22H16Cl2N2O2/c23-13-5-7-16(19(24)10-13)22-18-9-12-3-1-2-4-15(12)21(18)17-11-14(26(27)28)6-8-20(17)25-22/h1-8,10-11,18,21-22,25H,9H2/t18-,21+,22-/m1/s1. The summed E-state index contributed by atoms with van der Waals surface area (Å²) in [5.41, 5.74) is 5.54. The third-order valence-corrected chi connectivity index (χ3v) is 6.45. The minimum atomic E-state index is -0.335. The molecule has 3 aromatic carbocycles. The first-order chi connectivity index (χ1) is 13.5. The smallest absolute Gasteiger partial charge is 0.269 e. The van der Waals surface area contributed by atoms with Gasteiger partial charge in [-0.1, -0.05) is 53.5 Å². The van der Waals surface area contributed by atoms with Crippen molar-refractivity contribution >= 4 is 34.6 Å². The molecule has 1 aliphatic carbocycles. The Morgan fingerprint density at radius 3 is 2.57 bits per heavy atom. The van der Waals surface area contributed by atoms with E-state index < -0.39 is 0 Å². The number of fused-ring (bicyclic) bond motifs is 5. The second kappa shape index (κ2) is 6.50. The Morgan fingerprint density at radius 1 is 0.964 bits per heavy atom. The molecule has 3 atom stereocenters. The summed E-state index contributed by atoms with van der Waals surface area (Å²) in [5, 5.41) is 16.2. The highest BCUT2D eigenvalue weighted by Crippen LogP contribution is 2.55. The van der Waals surface area contributed by atoms with Crippen molar-refractivity contribution in [3.63, 3.8) is 0 Å². The molecule has 6 heteroatoms. The average molecular weight is 411 g/mol. The molecule has 0 radical (unpaired) electrons. The van der Waals surface area contributed by atoms with Gasteiger partial charge in [0.1, 0.15) is 0 Å². The average Bonchev–Trinajstić information content (AvgIpc) is 3.07. The lowest BCUT2D eigenvalue weighted by molar-refractivity contribution is -0.384. The molecule has 1 heterocycles. The lowest BCUT2D eigenvalue weighted by Gasteiger charge is -2.38. The first-order valence-corrected chi connectivity index (χ1v) is 9.86. The highest BCUT2D eigenvalue weighted by Gasteiger charge is 2.44. The molecule has 0 aromatic heterocycles. The molecule has 0 saturated carbocycles. The summed E-state index contributed by atoms with van der Waals surface area (Å²) in [6.07, 6.45) is 0.888. The Kier molecular flexibility index (Phi) is 4.07. The third kappa shape index (κ3) is 2.67. The second-order valence-electron chi connectivity index (χ2n) is 7.36. The molecule has 28 heavy (non-hydrogen) atoms. The van der Waals surface area contributed by atoms with Gasteiger partial charge in [0.05, 0.1) is 11.0 Å². The first-order valence-electron chi connectivity index (χ1n) is 9.10. The van der Waals surface area contributed by atoms with Crippen molar-refractivity contribution in [2.24, 2.45) is 5.92 Å². The van der Waals surface area contributed by atoms with E-state index in [-0.39, 0.29) is 28.5 Å². The van der Waals surface area contributed by atoms with Crippen LogP contribution in [0.1, 0.15) is 34.2 Å². The Hall–Kier alpha value is -2.56. The zero-order valence-corrected chi connectivity index (χ0v) is 16.2. The SMILES string of the molecule is O=[N+]([O-])c1ccc2c(c1)[C@@H]1c3ccccc3C[C@H]1[C@@H](c1ccc(Cl)cc1Cl)N2. The Morgan fingerprint density at radius 2 is 1.79 bits per heavy atom. The maximum atomic E-state index is 11.3. The van der Waals surface area contributed by atoms with Crippen LogP contribution >= 0.6 is 23.2 Å². The van der Waals surface area contributed by atoms with Crippen molar-refractivity contribution in [1.82, 2.24) is 0 Å². The van der Waals surface area contributed by atoms with E-state index in [0.29, 0.717) is 10.0 Å². The van der Waals surface area contributed by atoms with Crippen LogP contribution in [0.4, 0.5) is 11.4 Å². The molecule has 0 bridgehead atoms. The number of benzene rings is 3. The van der Waals surface area contributed by atoms with Gasteiger partial charge in [0.2, 0.25) is 0 Å². The van der Waals surface area contributed by atoms with Crippen LogP contribution in [0.2, 0.25) is 10.0 Å². The third-order valence-electron chi connectivity index (χ3n) is 5.89. The summed E-state index contributed by atoms with van der Waals surface area (Å²) in [6, 6.07) is 19.0. The van der Waals surface area contributed by atoms with Crippen LogP contribution in [0.3, 0.4) is 0 Å². The van der Waals surface area contributed by atoms with E-state index >= 15 is 0 Å². The van der Waals surface area contributed by atoms with E-state index in [1.54, 1.807) is 24.3 Å². The maximum Gasteiger partial charge on any atom is 0.269 e. The zero-order chi connectivity index (χ0) is 19.4. The molecule has 0 spiro atoms. The topological polar surface area (TPSA) is 55.2 Å². The van der Waals surface area contributed by atoms with Gasteiger partial charge in [0, 0.05) is 33.8 Å². The van der Waals surface area contributed by atoms with Crippen molar-refractivity contribution in [2.75, 3.05) is 5.32 Å². The van der Waals surface area contributed by atoms with Gasteiger partial charge in [-0.15, -0.1) is 0 Å². The highest BCUT2D eigenvalue weighted by atomic mass is 35.5. The van der Waals surface area contributed by atoms with Crippen molar-refractivity contribution in [3.8, 4) is 0 Å². The van der Waals surface area contributed by atoms with Gasteiger partial charge in [-0.25, -0.2) is 0 Å². The van der Waals surface area contributed by atoms with Gasteiger partial charge in [0.25, 0.3) is 5.69 Å². The Labute approximate surface area is 172 Å². The van der Waals surface area contributed by atoms with Crippen molar-refractivity contribution in [3.05, 3.63) is 103 Å². The lowest BCUT2D eigenvalue weighted by atomic mass is 9.75. The summed E-state index contributed by atoms with van der Waals surface area (Å²) in [6.45, 7) is 0. The number of nitro benzene ring substituents is 1. The lowest BCUT2D eigenvalue weighted by Crippen LogP contribution is -2.30. The molecular formula is C22H16Cl2N2O2. The minimum absolute atomic E-state index is 0.00359. The van der Waals surface area contributed by atoms with Crippen LogP contribution in [-0.4, -0.2) is 4.92 Å². The second-order valence-corrected chi connectivity index (χ2v) is 8.20. The summed E-state index contributed by atoms with van der Waals surface area (Å²) >= 11 is 12.6. The number of halogens is 2. The molecule has 1 aliphatic heterocycles. The van der Waals surface area contributed by atoms with Crippen LogP contribution in [0.15, 0.2) is 60.7 Å². The molecule has 0 unspecified atom stereocenters. The first kappa shape index (κ1) is 17.5. The normalized spacial score (nSPS) is 22.0. The number of anilines is 1. The number of hydrogen-bond acceptors (Lipinski definition) is 3. The molecule has 4 nitrogen and oxygen atoms in total. The number of nitrogens with one attached hydrogen (secondary N) is 1. The fourth-order valence-corrected chi connectivity index (χ4v) is 5.25. The van der Waals surface area contributed by atoms with Crippen LogP contribution < -0.4 is 5.32 Å². The van der Waals surface area contributed by atoms with E-state index in [4.69, 9.17) is 23.2 Å². The molecule has 2 aliphatic rings. The number of rotatable bonds is 2. The van der Waals surface area contributed by atoms with Gasteiger partial charge in [-0.3, -0.25) is 10.1 Å². The fourth-order valence-electron chi connectivity index (χ4n) is 4.72. The van der Waals surface area contributed by atoms with Gasteiger partial charge in [-0.05, 0) is 52.8 Å². The molecule has 5 rings (SSSR count). The van der Waals surface area contributed by atoms with E-state index in [0.717, 1.165) is 23.2 Å². The van der Waals surface area contributed by atoms with Crippen LogP contribution in [0, 0.1) is 16.0 Å². The van der Waals surface area contributed by atoms with Gasteiger partial charge < -0.3 is 5.32 Å². The van der Waals surface area contributed by atoms with E-state index in [9.17, 15) is 10.1 Å². The van der Waals surface area contributed by atoms with E-state index in [1.807, 2.05) is 24.3 Å². The van der Waals surface area contributed by atoms with E-state index in [2.05, 4.69) is 17.4 Å². The molecular weight excluding hydrogens is 395 g/mol. The number of nitro groups is 1. The maximum absolute atomic E-state index is 11.3. The molecule has 0 saturated heterocycles. The highest BCUT2D eigenvalue weighted by molar-refractivity contribution is 6.35. The van der Waals surface area contributed by atoms with Gasteiger partial charge >= 0.3 is 0 Å². The number of nitrogens with zero attached hydrogens (tertiary/aromatic N) is 1. The van der Waals surface area contributed by atoms with Crippen molar-refractivity contribution < 1.29 is 4.92 Å². The summed E-state index contributed by atoms with van der Waals surface area (Å²) in [4.78, 5) is 11.0. The largest absolute Gasteiger partial charge is 0.378 e. The Balaban J connectivity index is 1.70. The fraction of sp³-hybridized carbons (Fsp3) is 0.182. The van der Waals surface area contributed by atoms with Crippen LogP contribution in [-0.2, 0) is 6.42 Å². The molecule has 0 amide bonds. The van der Waals surface area contributed by atoms with Gasteiger partial charge in [0.15, 0.2) is 0 Å². The monoisotopic (exact) mass is 410 g/mol. The summed E-state index contributed by atoms with van der Waals surface area (Å²) in [5.74, 6) is 0.301. The van der Waals surface area contributed by atoms with Crippen LogP contribution in [0.5, 0.6) is 0 Å². The predicted octanol–water partition coefficient (Wildman–Crippen LogP) is 6.37. The predicted molar refractivity (Wildman–Crippen MR) is 111 cm³/mol. The minimum Gasteiger partial charge on any atom is -0.378 e. The number of non-ortho nitro benzene ring substituents is 1.